The average molecular weight is 511 g/mol. The number of nitrogens with one attached hydrogen (secondary N) is 1. The van der Waals surface area contributed by atoms with Crippen LogP contribution in [0, 0.1) is 0 Å². The second kappa shape index (κ2) is 11.0. The normalized spacial score (nSPS) is 11.4. The van der Waals surface area contributed by atoms with Gasteiger partial charge < -0.3 is 10.1 Å². The first kappa shape index (κ1) is 26.8. The van der Waals surface area contributed by atoms with Crippen LogP contribution in [0.25, 0.3) is 16.5 Å². The van der Waals surface area contributed by atoms with Gasteiger partial charge in [0.15, 0.2) is 0 Å². The number of carbonyl (C=O) groups excluding carboxylic acids is 2. The van der Waals surface area contributed by atoms with Crippen LogP contribution in [-0.2, 0) is 24.2 Å². The number of methoxy groups -OCH3 is 1. The lowest BCUT2D eigenvalue weighted by Gasteiger charge is -2.20. The maximum absolute atomic E-state index is 13.0. The van der Waals surface area contributed by atoms with Gasteiger partial charge in [0.05, 0.1) is 24.9 Å². The number of amides is 1. The number of hydrogen-bond donors (Lipinski definition) is 1. The lowest BCUT2D eigenvalue weighted by Crippen LogP contribution is -2.40. The molecule has 2 aromatic carbocycles. The lowest BCUT2D eigenvalue weighted by atomic mass is 10.0. The Balaban J connectivity index is 1.54. The zero-order valence-electron chi connectivity index (χ0n) is 22.7. The Morgan fingerprint density at radius 1 is 0.974 bits per heavy atom. The molecule has 0 saturated heterocycles. The van der Waals surface area contributed by atoms with Crippen LogP contribution in [0.1, 0.15) is 60.6 Å². The third kappa shape index (κ3) is 6.54. The molecule has 2 aromatic heterocycles. The maximum Gasteiger partial charge on any atom is 0.270 e. The molecule has 0 unspecified atom stereocenters. The van der Waals surface area contributed by atoms with Crippen molar-refractivity contribution >= 4 is 28.2 Å². The van der Waals surface area contributed by atoms with Crippen molar-refractivity contribution in [3.63, 3.8) is 0 Å². The number of rotatable bonds is 9. The highest BCUT2D eigenvalue weighted by Crippen LogP contribution is 2.26. The van der Waals surface area contributed by atoms with Gasteiger partial charge in [-0.3, -0.25) is 19.3 Å². The highest BCUT2D eigenvalue weighted by Gasteiger charge is 2.18. The van der Waals surface area contributed by atoms with Gasteiger partial charge in [-0.2, -0.15) is 5.10 Å². The van der Waals surface area contributed by atoms with Gasteiger partial charge in [0.25, 0.3) is 5.91 Å². The summed E-state index contributed by atoms with van der Waals surface area (Å²) in [6, 6.07) is 17.4. The van der Waals surface area contributed by atoms with E-state index in [1.165, 1.54) is 0 Å². The highest BCUT2D eigenvalue weighted by molar-refractivity contribution is 5.94. The lowest BCUT2D eigenvalue weighted by molar-refractivity contribution is -0.117. The van der Waals surface area contributed by atoms with Crippen LogP contribution in [0.4, 0.5) is 0 Å². The smallest absolute Gasteiger partial charge is 0.270 e. The van der Waals surface area contributed by atoms with Crippen molar-refractivity contribution in [3.8, 4) is 5.75 Å². The van der Waals surface area contributed by atoms with Crippen LogP contribution in [0.15, 0.2) is 67.4 Å². The monoisotopic (exact) mass is 510 g/mol. The fourth-order valence-electron chi connectivity index (χ4n) is 4.30. The second-order valence-corrected chi connectivity index (χ2v) is 10.6. The molecule has 0 radical (unpaired) electrons. The molecule has 0 aliphatic carbocycles. The molecule has 38 heavy (non-hydrogen) atoms. The molecule has 0 aliphatic rings. The zero-order chi connectivity index (χ0) is 27.4. The number of pyridine rings is 1. The summed E-state index contributed by atoms with van der Waals surface area (Å²) < 4.78 is 7.22. The predicted molar refractivity (Wildman–Crippen MR) is 150 cm³/mol. The Kier molecular flexibility index (Phi) is 7.76. The first-order valence-corrected chi connectivity index (χ1v) is 12.6. The van der Waals surface area contributed by atoms with E-state index in [4.69, 9.17) is 9.84 Å². The number of carbonyl (C=O) groups is 2. The van der Waals surface area contributed by atoms with Crippen molar-refractivity contribution in [2.45, 2.75) is 52.6 Å². The molecule has 1 N–H and O–H groups in total. The van der Waals surface area contributed by atoms with Crippen molar-refractivity contribution in [2.24, 2.45) is 0 Å². The number of fused-ring (bicyclic) bond motifs is 1. The quantitative estimate of drug-likeness (QED) is 0.326. The third-order valence-corrected chi connectivity index (χ3v) is 6.06. The molecule has 7 heteroatoms. The first-order valence-electron chi connectivity index (χ1n) is 12.6. The van der Waals surface area contributed by atoms with Gasteiger partial charge in [-0.05, 0) is 80.3 Å². The molecule has 7 nitrogen and oxygen atoms in total. The SMILES string of the molecule is C=C(C)c1nn(Cc2ccc(OC)cc2)c2cc(CC(=O)Cc3ccnc(C(=O)NC(C)(C)C)c3)ccc12. The van der Waals surface area contributed by atoms with E-state index in [1.807, 2.05) is 74.8 Å². The predicted octanol–water partition coefficient (Wildman–Crippen LogP) is 5.40. The number of allylic oxidation sites excluding steroid dienone is 1. The van der Waals surface area contributed by atoms with E-state index in [0.29, 0.717) is 12.2 Å². The first-order chi connectivity index (χ1) is 18.0. The van der Waals surface area contributed by atoms with Gasteiger partial charge in [0.2, 0.25) is 0 Å². The molecule has 0 saturated carbocycles. The van der Waals surface area contributed by atoms with E-state index in [0.717, 1.165) is 44.6 Å². The molecule has 4 aromatic rings. The van der Waals surface area contributed by atoms with E-state index in [1.54, 1.807) is 25.4 Å². The Bertz CT molecular complexity index is 1490. The molecular formula is C31H34N4O3. The van der Waals surface area contributed by atoms with E-state index >= 15 is 0 Å². The molecule has 196 valence electrons. The van der Waals surface area contributed by atoms with Crippen molar-refractivity contribution in [1.29, 1.82) is 0 Å². The molecule has 0 atom stereocenters. The Morgan fingerprint density at radius 2 is 1.63 bits per heavy atom. The summed E-state index contributed by atoms with van der Waals surface area (Å²) in [6.45, 7) is 12.4. The number of Topliss-reactive ketones (excluding diaryl/α,β-unsaturated/α-hetero) is 1. The van der Waals surface area contributed by atoms with Crippen molar-refractivity contribution in [2.75, 3.05) is 7.11 Å². The summed E-state index contributed by atoms with van der Waals surface area (Å²) in [4.78, 5) is 29.7. The van der Waals surface area contributed by atoms with E-state index in [2.05, 4.69) is 16.9 Å². The minimum atomic E-state index is -0.368. The van der Waals surface area contributed by atoms with Crippen LogP contribution in [-0.4, -0.2) is 39.1 Å². The fraction of sp³-hybridized carbons (Fsp3) is 0.290. The molecule has 1 amide bonds. The summed E-state index contributed by atoms with van der Waals surface area (Å²) in [6.07, 6.45) is 2.07. The summed E-state index contributed by atoms with van der Waals surface area (Å²) >= 11 is 0. The van der Waals surface area contributed by atoms with Crippen molar-refractivity contribution in [3.05, 3.63) is 95.5 Å². The number of ether oxygens (including phenoxy) is 1. The maximum atomic E-state index is 13.0. The highest BCUT2D eigenvalue weighted by atomic mass is 16.5. The summed E-state index contributed by atoms with van der Waals surface area (Å²) in [7, 11) is 1.65. The Morgan fingerprint density at radius 3 is 2.26 bits per heavy atom. The molecule has 0 aliphatic heterocycles. The Labute approximate surface area is 223 Å². The molecular weight excluding hydrogens is 476 g/mol. The summed E-state index contributed by atoms with van der Waals surface area (Å²) in [5.41, 5.74) is 5.39. The number of ketones is 1. The van der Waals surface area contributed by atoms with Crippen LogP contribution >= 0.6 is 0 Å². The molecule has 4 rings (SSSR count). The largest absolute Gasteiger partial charge is 0.497 e. The zero-order valence-corrected chi connectivity index (χ0v) is 22.7. The molecule has 2 heterocycles. The van der Waals surface area contributed by atoms with Crippen molar-refractivity contribution < 1.29 is 14.3 Å². The number of aromatic nitrogens is 3. The van der Waals surface area contributed by atoms with Crippen LogP contribution in [0.2, 0.25) is 0 Å². The standard InChI is InChI=1S/C31H34N4O3/c1-20(2)29-26-12-9-22(18-28(26)35(34-29)19-21-7-10-25(38-6)11-8-21)15-24(36)16-23-13-14-32-27(17-23)30(37)33-31(3,4)5/h7-14,17-18H,1,15-16,19H2,2-6H3,(H,33,37). The van der Waals surface area contributed by atoms with Gasteiger partial charge in [-0.15, -0.1) is 0 Å². The third-order valence-electron chi connectivity index (χ3n) is 6.06. The number of nitrogens with zero attached hydrogens (tertiary/aromatic N) is 3. The second-order valence-electron chi connectivity index (χ2n) is 10.6. The van der Waals surface area contributed by atoms with Gasteiger partial charge in [-0.25, -0.2) is 0 Å². The van der Waals surface area contributed by atoms with E-state index < -0.39 is 0 Å². The molecule has 0 bridgehead atoms. The van der Waals surface area contributed by atoms with Crippen LogP contribution in [0.3, 0.4) is 0 Å². The Hall–Kier alpha value is -4.26. The minimum Gasteiger partial charge on any atom is -0.497 e. The minimum absolute atomic E-state index is 0.0547. The molecule has 0 spiro atoms. The van der Waals surface area contributed by atoms with E-state index in [9.17, 15) is 9.59 Å². The molecule has 0 fully saturated rings. The number of benzene rings is 2. The number of hydrogen-bond acceptors (Lipinski definition) is 5. The van der Waals surface area contributed by atoms with Gasteiger partial charge >= 0.3 is 0 Å². The van der Waals surface area contributed by atoms with Gasteiger partial charge in [0, 0.05) is 30.0 Å². The van der Waals surface area contributed by atoms with Crippen LogP contribution in [0.5, 0.6) is 5.75 Å². The van der Waals surface area contributed by atoms with Gasteiger partial charge in [0.1, 0.15) is 17.2 Å². The average Bonchev–Trinajstić information content (AvgIpc) is 3.21. The topological polar surface area (TPSA) is 86.1 Å². The van der Waals surface area contributed by atoms with Crippen LogP contribution < -0.4 is 10.1 Å². The fourth-order valence-corrected chi connectivity index (χ4v) is 4.30. The van der Waals surface area contributed by atoms with E-state index in [-0.39, 0.29) is 30.1 Å². The summed E-state index contributed by atoms with van der Waals surface area (Å²) in [5.74, 6) is 0.605. The van der Waals surface area contributed by atoms with Crippen molar-refractivity contribution in [1.82, 2.24) is 20.1 Å². The summed E-state index contributed by atoms with van der Waals surface area (Å²) in [5, 5.41) is 8.73. The van der Waals surface area contributed by atoms with Gasteiger partial charge in [-0.1, -0.05) is 30.8 Å².